The number of carboxylic acid groups (broad SMARTS) is 1. The van der Waals surface area contributed by atoms with Crippen LogP contribution in [0.2, 0.25) is 0 Å². The Kier molecular flexibility index (Phi) is 7.44. The predicted octanol–water partition coefficient (Wildman–Crippen LogP) is 4.19. The Hall–Kier alpha value is -2.45. The van der Waals surface area contributed by atoms with Gasteiger partial charge in [-0.2, -0.15) is 0 Å². The van der Waals surface area contributed by atoms with Gasteiger partial charge in [-0.05, 0) is 42.6 Å². The molecule has 0 amide bonds. The van der Waals surface area contributed by atoms with Gasteiger partial charge in [-0.25, -0.2) is 17.6 Å². The van der Waals surface area contributed by atoms with Gasteiger partial charge < -0.3 is 14.7 Å². The summed E-state index contributed by atoms with van der Waals surface area (Å²) in [6.45, 7) is 1.81. The van der Waals surface area contributed by atoms with E-state index in [0.717, 1.165) is 25.1 Å². The zero-order valence-electron chi connectivity index (χ0n) is 16.3. The third-order valence-corrected chi connectivity index (χ3v) is 5.37. The second-order valence-electron chi connectivity index (χ2n) is 7.44. The Bertz CT molecular complexity index is 841. The molecule has 0 spiro atoms. The molecular formula is C22H23F4NO3. The Balaban J connectivity index is 1.68. The number of hydrogen-bond acceptors (Lipinski definition) is 3. The van der Waals surface area contributed by atoms with Crippen LogP contribution < -0.4 is 0 Å². The van der Waals surface area contributed by atoms with Crippen molar-refractivity contribution in [3.8, 4) is 0 Å². The maximum absolute atomic E-state index is 14.4. The lowest BCUT2D eigenvalue weighted by atomic mass is 9.91. The molecule has 0 aromatic heterocycles. The number of carboxylic acids is 1. The van der Waals surface area contributed by atoms with Crippen molar-refractivity contribution in [2.45, 2.75) is 18.8 Å². The number of nitrogens with zero attached hydrogens (tertiary/aromatic N) is 1. The normalized spacial score (nSPS) is 17.4. The average molecular weight is 425 g/mol. The number of benzene rings is 2. The van der Waals surface area contributed by atoms with Gasteiger partial charge in [-0.1, -0.05) is 12.1 Å². The number of aliphatic carboxylic acids is 1. The molecular weight excluding hydrogens is 402 g/mol. The molecule has 1 N–H and O–H groups in total. The molecule has 8 heteroatoms. The van der Waals surface area contributed by atoms with Gasteiger partial charge in [0.05, 0.1) is 19.1 Å². The molecule has 1 heterocycles. The van der Waals surface area contributed by atoms with Crippen LogP contribution in [-0.4, -0.2) is 48.8 Å². The van der Waals surface area contributed by atoms with Gasteiger partial charge in [0.2, 0.25) is 0 Å². The van der Waals surface area contributed by atoms with Crippen LogP contribution in [0.25, 0.3) is 0 Å². The van der Waals surface area contributed by atoms with E-state index in [0.29, 0.717) is 31.6 Å². The average Bonchev–Trinajstić information content (AvgIpc) is 2.70. The largest absolute Gasteiger partial charge is 0.481 e. The number of ether oxygens (including phenoxy) is 1. The van der Waals surface area contributed by atoms with E-state index in [1.54, 1.807) is 0 Å². The SMILES string of the molecule is O=C(O)[C@@H]1CCCN(CCOCC(c2ccc(F)cc2F)c2ccc(F)cc2F)C1. The maximum Gasteiger partial charge on any atom is 0.307 e. The summed E-state index contributed by atoms with van der Waals surface area (Å²) < 4.78 is 61.0. The van der Waals surface area contributed by atoms with Crippen molar-refractivity contribution in [1.82, 2.24) is 4.90 Å². The number of carbonyl (C=O) groups is 1. The van der Waals surface area contributed by atoms with E-state index in [1.807, 2.05) is 4.90 Å². The molecule has 0 unspecified atom stereocenters. The van der Waals surface area contributed by atoms with Crippen molar-refractivity contribution < 1.29 is 32.2 Å². The number of piperidine rings is 1. The fraction of sp³-hybridized carbons (Fsp3) is 0.409. The first kappa shape index (κ1) is 22.2. The van der Waals surface area contributed by atoms with Crippen molar-refractivity contribution in [3.63, 3.8) is 0 Å². The van der Waals surface area contributed by atoms with Crippen LogP contribution in [0.5, 0.6) is 0 Å². The van der Waals surface area contributed by atoms with E-state index in [2.05, 4.69) is 0 Å². The fourth-order valence-electron chi connectivity index (χ4n) is 3.77. The zero-order valence-corrected chi connectivity index (χ0v) is 16.3. The summed E-state index contributed by atoms with van der Waals surface area (Å²) >= 11 is 0. The van der Waals surface area contributed by atoms with E-state index < -0.39 is 41.1 Å². The summed E-state index contributed by atoms with van der Waals surface area (Å²) in [5.41, 5.74) is 0.0941. The summed E-state index contributed by atoms with van der Waals surface area (Å²) in [5, 5.41) is 9.16. The number of likely N-dealkylation sites (tertiary alicyclic amines) is 1. The lowest BCUT2D eigenvalue weighted by Gasteiger charge is -2.30. The molecule has 1 aliphatic rings. The van der Waals surface area contributed by atoms with Crippen LogP contribution in [0.15, 0.2) is 36.4 Å². The first-order valence-corrected chi connectivity index (χ1v) is 9.78. The van der Waals surface area contributed by atoms with Gasteiger partial charge in [0.15, 0.2) is 0 Å². The third-order valence-electron chi connectivity index (χ3n) is 5.37. The van der Waals surface area contributed by atoms with Crippen molar-refractivity contribution >= 4 is 5.97 Å². The van der Waals surface area contributed by atoms with Crippen LogP contribution in [0.1, 0.15) is 29.9 Å². The summed E-state index contributed by atoms with van der Waals surface area (Å²) in [5.74, 6) is -5.31. The number of hydrogen-bond donors (Lipinski definition) is 1. The number of halogens is 4. The molecule has 30 heavy (non-hydrogen) atoms. The zero-order chi connectivity index (χ0) is 21.7. The van der Waals surface area contributed by atoms with Crippen LogP contribution in [-0.2, 0) is 9.53 Å². The molecule has 1 atom stereocenters. The van der Waals surface area contributed by atoms with Crippen LogP contribution >= 0.6 is 0 Å². The minimum Gasteiger partial charge on any atom is -0.481 e. The summed E-state index contributed by atoms with van der Waals surface area (Å²) in [7, 11) is 0. The second-order valence-corrected chi connectivity index (χ2v) is 7.44. The van der Waals surface area contributed by atoms with Gasteiger partial charge in [0.25, 0.3) is 0 Å². The first-order chi connectivity index (χ1) is 14.3. The van der Waals surface area contributed by atoms with Gasteiger partial charge in [-0.3, -0.25) is 4.79 Å². The van der Waals surface area contributed by atoms with Crippen LogP contribution in [0, 0.1) is 29.2 Å². The van der Waals surface area contributed by atoms with E-state index in [4.69, 9.17) is 9.84 Å². The standard InChI is InChI=1S/C22H23F4NO3/c23-15-3-5-17(20(25)10-15)19(18-6-4-16(24)11-21(18)26)13-30-9-8-27-7-1-2-14(12-27)22(28)29/h3-6,10-11,14,19H,1-2,7-9,12-13H2,(H,28,29)/t14-/m1/s1. The Morgan fingerprint density at radius 1 is 1.07 bits per heavy atom. The molecule has 2 aromatic carbocycles. The minimum absolute atomic E-state index is 0.0471. The van der Waals surface area contributed by atoms with Crippen molar-refractivity contribution in [2.24, 2.45) is 5.92 Å². The molecule has 1 aliphatic heterocycles. The molecule has 1 fully saturated rings. The van der Waals surface area contributed by atoms with Crippen LogP contribution in [0.4, 0.5) is 17.6 Å². The lowest BCUT2D eigenvalue weighted by molar-refractivity contribution is -0.143. The molecule has 2 aromatic rings. The Labute approximate surface area is 172 Å². The summed E-state index contributed by atoms with van der Waals surface area (Å²) in [6.07, 6.45) is 1.42. The topological polar surface area (TPSA) is 49.8 Å². The second kappa shape index (κ2) is 10.0. The van der Waals surface area contributed by atoms with E-state index >= 15 is 0 Å². The van der Waals surface area contributed by atoms with Gasteiger partial charge in [0.1, 0.15) is 23.3 Å². The quantitative estimate of drug-likeness (QED) is 0.509. The predicted molar refractivity (Wildman–Crippen MR) is 102 cm³/mol. The van der Waals surface area contributed by atoms with Gasteiger partial charge in [-0.15, -0.1) is 0 Å². The summed E-state index contributed by atoms with van der Waals surface area (Å²) in [6, 6.07) is 6.03. The molecule has 0 radical (unpaired) electrons. The lowest BCUT2D eigenvalue weighted by Crippen LogP contribution is -2.40. The van der Waals surface area contributed by atoms with E-state index in [-0.39, 0.29) is 24.3 Å². The highest BCUT2D eigenvalue weighted by Crippen LogP contribution is 2.30. The van der Waals surface area contributed by atoms with Crippen molar-refractivity contribution in [3.05, 3.63) is 70.8 Å². The third kappa shape index (κ3) is 5.58. The highest BCUT2D eigenvalue weighted by molar-refractivity contribution is 5.70. The Morgan fingerprint density at radius 3 is 2.20 bits per heavy atom. The van der Waals surface area contributed by atoms with Gasteiger partial charge in [0, 0.05) is 31.1 Å². The van der Waals surface area contributed by atoms with Crippen molar-refractivity contribution in [1.29, 1.82) is 0 Å². The van der Waals surface area contributed by atoms with Crippen molar-refractivity contribution in [2.75, 3.05) is 32.8 Å². The van der Waals surface area contributed by atoms with E-state index in [1.165, 1.54) is 12.1 Å². The highest BCUT2D eigenvalue weighted by Gasteiger charge is 2.26. The monoisotopic (exact) mass is 425 g/mol. The van der Waals surface area contributed by atoms with Crippen LogP contribution in [0.3, 0.4) is 0 Å². The smallest absolute Gasteiger partial charge is 0.307 e. The molecule has 3 rings (SSSR count). The first-order valence-electron chi connectivity index (χ1n) is 9.78. The van der Waals surface area contributed by atoms with Gasteiger partial charge >= 0.3 is 5.97 Å². The highest BCUT2D eigenvalue weighted by atomic mass is 19.1. The molecule has 0 saturated carbocycles. The summed E-state index contributed by atoms with van der Waals surface area (Å²) in [4.78, 5) is 13.1. The van der Waals surface area contributed by atoms with E-state index in [9.17, 15) is 22.4 Å². The molecule has 1 saturated heterocycles. The molecule has 4 nitrogen and oxygen atoms in total. The minimum atomic E-state index is -0.890. The molecule has 162 valence electrons. The Morgan fingerprint density at radius 2 is 1.67 bits per heavy atom. The molecule has 0 bridgehead atoms. The fourth-order valence-corrected chi connectivity index (χ4v) is 3.77. The number of rotatable bonds is 8. The molecule has 0 aliphatic carbocycles. The maximum atomic E-state index is 14.4.